The van der Waals surface area contributed by atoms with Crippen LogP contribution in [0, 0.1) is 11.3 Å². The number of nitrogens with zero attached hydrogens (tertiary/aromatic N) is 1. The van der Waals surface area contributed by atoms with Gasteiger partial charge in [0.1, 0.15) is 17.4 Å². The number of benzene rings is 1. The zero-order chi connectivity index (χ0) is 18.0. The van der Waals surface area contributed by atoms with E-state index in [2.05, 4.69) is 27.8 Å². The minimum atomic E-state index is -0.381. The Bertz CT molecular complexity index is 1010. The number of H-pyrrole nitrogens is 1. The Kier molecular flexibility index (Phi) is 5.07. The monoisotopic (exact) mass is 414 g/mol. The van der Waals surface area contributed by atoms with Crippen molar-refractivity contribution in [1.82, 2.24) is 4.98 Å². The number of rotatable bonds is 4. The summed E-state index contributed by atoms with van der Waals surface area (Å²) >= 11 is 5.14. The summed E-state index contributed by atoms with van der Waals surface area (Å²) in [5.41, 5.74) is 1.93. The molecule has 2 aromatic heterocycles. The Hall–Kier alpha value is -2.36. The van der Waals surface area contributed by atoms with E-state index in [4.69, 9.17) is 4.74 Å². The van der Waals surface area contributed by atoms with Crippen LogP contribution in [0.4, 0.5) is 0 Å². The standard InChI is InChI=1S/C19H15BrN2O2S/c1-3-17-15(20)9-18(25-17)13-8-16(22-19(23)14(13)10-21)11-4-6-12(24-2)7-5-11/h4-9H,3H2,1-2H3,(H,22,23). The van der Waals surface area contributed by atoms with Gasteiger partial charge in [-0.2, -0.15) is 5.26 Å². The van der Waals surface area contributed by atoms with E-state index in [1.165, 1.54) is 4.88 Å². The van der Waals surface area contributed by atoms with Gasteiger partial charge in [0.2, 0.25) is 0 Å². The third kappa shape index (κ3) is 3.39. The van der Waals surface area contributed by atoms with Crippen molar-refractivity contribution in [3.8, 4) is 33.5 Å². The van der Waals surface area contributed by atoms with Crippen molar-refractivity contribution >= 4 is 27.3 Å². The average Bonchev–Trinajstić information content (AvgIpc) is 3.01. The molecular formula is C19H15BrN2O2S. The summed E-state index contributed by atoms with van der Waals surface area (Å²) in [5.74, 6) is 0.745. The van der Waals surface area contributed by atoms with Crippen LogP contribution in [0.1, 0.15) is 17.4 Å². The Balaban J connectivity index is 2.18. The molecule has 0 unspecified atom stereocenters. The van der Waals surface area contributed by atoms with Crippen molar-refractivity contribution in [2.75, 3.05) is 7.11 Å². The first-order valence-electron chi connectivity index (χ1n) is 7.67. The Morgan fingerprint density at radius 2 is 2.00 bits per heavy atom. The SMILES string of the molecule is CCc1sc(-c2cc(-c3ccc(OC)cc3)[nH]c(=O)c2C#N)cc1Br. The van der Waals surface area contributed by atoms with E-state index in [0.717, 1.165) is 27.1 Å². The number of thiophene rings is 1. The molecule has 0 fully saturated rings. The molecule has 1 N–H and O–H groups in total. The summed E-state index contributed by atoms with van der Waals surface area (Å²) in [7, 11) is 1.61. The minimum Gasteiger partial charge on any atom is -0.497 e. The summed E-state index contributed by atoms with van der Waals surface area (Å²) in [4.78, 5) is 17.3. The van der Waals surface area contributed by atoms with E-state index >= 15 is 0 Å². The maximum atomic E-state index is 12.4. The minimum absolute atomic E-state index is 0.133. The zero-order valence-electron chi connectivity index (χ0n) is 13.7. The number of hydrogen-bond donors (Lipinski definition) is 1. The van der Waals surface area contributed by atoms with Gasteiger partial charge in [0, 0.05) is 25.5 Å². The van der Waals surface area contributed by atoms with Gasteiger partial charge < -0.3 is 9.72 Å². The lowest BCUT2D eigenvalue weighted by molar-refractivity contribution is 0.415. The molecule has 4 nitrogen and oxygen atoms in total. The highest BCUT2D eigenvalue weighted by atomic mass is 79.9. The number of aromatic nitrogens is 1. The molecule has 0 aliphatic carbocycles. The van der Waals surface area contributed by atoms with Crippen LogP contribution in [0.3, 0.4) is 0 Å². The fourth-order valence-corrected chi connectivity index (χ4v) is 4.49. The predicted octanol–water partition coefficient (Wildman–Crippen LogP) is 4.98. The Morgan fingerprint density at radius 3 is 2.56 bits per heavy atom. The molecule has 1 aromatic carbocycles. The van der Waals surface area contributed by atoms with Crippen molar-refractivity contribution in [2.24, 2.45) is 0 Å². The van der Waals surface area contributed by atoms with Gasteiger partial charge >= 0.3 is 0 Å². The first kappa shape index (κ1) is 17.5. The number of methoxy groups -OCH3 is 1. The zero-order valence-corrected chi connectivity index (χ0v) is 16.1. The molecule has 0 aliphatic rings. The summed E-state index contributed by atoms with van der Waals surface area (Å²) in [5, 5.41) is 9.43. The first-order valence-corrected chi connectivity index (χ1v) is 9.28. The van der Waals surface area contributed by atoms with Crippen LogP contribution in [0.5, 0.6) is 5.75 Å². The second-order valence-electron chi connectivity index (χ2n) is 5.38. The number of halogens is 1. The summed E-state index contributed by atoms with van der Waals surface area (Å²) < 4.78 is 6.17. The lowest BCUT2D eigenvalue weighted by Crippen LogP contribution is -2.12. The van der Waals surface area contributed by atoms with E-state index in [-0.39, 0.29) is 11.1 Å². The van der Waals surface area contributed by atoms with Gasteiger partial charge in [0.25, 0.3) is 5.56 Å². The highest BCUT2D eigenvalue weighted by Crippen LogP contribution is 2.37. The quantitative estimate of drug-likeness (QED) is 0.654. The molecule has 6 heteroatoms. The molecule has 0 saturated heterocycles. The molecule has 0 amide bonds. The third-order valence-electron chi connectivity index (χ3n) is 3.89. The molecule has 126 valence electrons. The van der Waals surface area contributed by atoms with E-state index in [1.54, 1.807) is 18.4 Å². The molecule has 0 bridgehead atoms. The highest BCUT2D eigenvalue weighted by Gasteiger charge is 2.16. The van der Waals surface area contributed by atoms with Crippen LogP contribution in [0.15, 0.2) is 45.7 Å². The number of aromatic amines is 1. The molecule has 2 heterocycles. The number of hydrogen-bond acceptors (Lipinski definition) is 4. The van der Waals surface area contributed by atoms with Crippen LogP contribution in [-0.4, -0.2) is 12.1 Å². The van der Waals surface area contributed by atoms with Gasteiger partial charge in [0.15, 0.2) is 0 Å². The average molecular weight is 415 g/mol. The number of ether oxygens (including phenoxy) is 1. The van der Waals surface area contributed by atoms with Gasteiger partial charge in [0.05, 0.1) is 7.11 Å². The maximum Gasteiger partial charge on any atom is 0.267 e. The van der Waals surface area contributed by atoms with Gasteiger partial charge in [-0.1, -0.05) is 6.92 Å². The molecule has 3 aromatic rings. The third-order valence-corrected chi connectivity index (χ3v) is 6.17. The van der Waals surface area contributed by atoms with Crippen molar-refractivity contribution in [3.63, 3.8) is 0 Å². The second kappa shape index (κ2) is 7.26. The fraction of sp³-hybridized carbons (Fsp3) is 0.158. The molecular weight excluding hydrogens is 400 g/mol. The van der Waals surface area contributed by atoms with Crippen LogP contribution in [0.2, 0.25) is 0 Å². The smallest absolute Gasteiger partial charge is 0.267 e. The Morgan fingerprint density at radius 1 is 1.28 bits per heavy atom. The van der Waals surface area contributed by atoms with Gasteiger partial charge in [-0.25, -0.2) is 0 Å². The largest absolute Gasteiger partial charge is 0.497 e. The van der Waals surface area contributed by atoms with Gasteiger partial charge in [-0.3, -0.25) is 4.79 Å². The number of nitrogens with one attached hydrogen (secondary N) is 1. The van der Waals surface area contributed by atoms with Gasteiger partial charge in [-0.05, 0) is 64.3 Å². The van der Waals surface area contributed by atoms with Crippen LogP contribution >= 0.6 is 27.3 Å². The van der Waals surface area contributed by atoms with Gasteiger partial charge in [-0.15, -0.1) is 11.3 Å². The van der Waals surface area contributed by atoms with Crippen molar-refractivity contribution in [3.05, 3.63) is 61.7 Å². The summed E-state index contributed by atoms with van der Waals surface area (Å²) in [6.07, 6.45) is 0.891. The predicted molar refractivity (Wildman–Crippen MR) is 104 cm³/mol. The highest BCUT2D eigenvalue weighted by molar-refractivity contribution is 9.10. The molecule has 0 radical (unpaired) electrons. The maximum absolute atomic E-state index is 12.4. The Labute approximate surface area is 157 Å². The fourth-order valence-electron chi connectivity index (χ4n) is 2.57. The van der Waals surface area contributed by atoms with Crippen molar-refractivity contribution in [2.45, 2.75) is 13.3 Å². The van der Waals surface area contributed by atoms with E-state index in [9.17, 15) is 10.1 Å². The number of nitriles is 1. The molecule has 0 spiro atoms. The van der Waals surface area contributed by atoms with E-state index in [1.807, 2.05) is 42.5 Å². The summed E-state index contributed by atoms with van der Waals surface area (Å²) in [6, 6.07) is 13.3. The normalized spacial score (nSPS) is 10.5. The lowest BCUT2D eigenvalue weighted by atomic mass is 10.0. The van der Waals surface area contributed by atoms with E-state index in [0.29, 0.717) is 11.3 Å². The lowest BCUT2D eigenvalue weighted by Gasteiger charge is -2.07. The number of pyridine rings is 1. The molecule has 0 atom stereocenters. The first-order chi connectivity index (χ1) is 12.1. The second-order valence-corrected chi connectivity index (χ2v) is 7.37. The van der Waals surface area contributed by atoms with Crippen LogP contribution in [-0.2, 0) is 6.42 Å². The molecule has 25 heavy (non-hydrogen) atoms. The van der Waals surface area contributed by atoms with E-state index < -0.39 is 0 Å². The van der Waals surface area contributed by atoms with Crippen LogP contribution < -0.4 is 10.3 Å². The topological polar surface area (TPSA) is 65.9 Å². The summed E-state index contributed by atoms with van der Waals surface area (Å²) in [6.45, 7) is 2.08. The van der Waals surface area contributed by atoms with Crippen molar-refractivity contribution < 1.29 is 4.74 Å². The van der Waals surface area contributed by atoms with Crippen molar-refractivity contribution in [1.29, 1.82) is 5.26 Å². The van der Waals surface area contributed by atoms with Crippen LogP contribution in [0.25, 0.3) is 21.7 Å². The molecule has 0 saturated carbocycles. The molecule has 3 rings (SSSR count). The molecule has 0 aliphatic heterocycles. The number of aryl methyl sites for hydroxylation is 1.